The molecule has 6 nitrogen and oxygen atoms in total. The monoisotopic (exact) mass is 498 g/mol. The molecule has 36 heavy (non-hydrogen) atoms. The number of hydrogen-bond donors (Lipinski definition) is 0. The summed E-state index contributed by atoms with van der Waals surface area (Å²) in [5, 5.41) is 10.7. The molecule has 0 radical (unpaired) electrons. The molecule has 2 heterocycles. The first-order valence-electron chi connectivity index (χ1n) is 11.5. The van der Waals surface area contributed by atoms with Crippen LogP contribution in [0.25, 0.3) is 22.7 Å². The smallest absolute Gasteiger partial charge is 0.247 e. The van der Waals surface area contributed by atoms with Crippen LogP contribution in [0.3, 0.4) is 0 Å². The first kappa shape index (κ1) is 23.6. The minimum Gasteiger partial charge on any atom is -0.421 e. The van der Waals surface area contributed by atoms with E-state index in [9.17, 15) is 9.18 Å². The van der Waals surface area contributed by atoms with Gasteiger partial charge in [-0.1, -0.05) is 48.0 Å². The third-order valence-electron chi connectivity index (χ3n) is 5.67. The lowest BCUT2D eigenvalue weighted by Gasteiger charge is -2.20. The summed E-state index contributed by atoms with van der Waals surface area (Å²) >= 11 is 1.38. The quantitative estimate of drug-likeness (QED) is 0.245. The van der Waals surface area contributed by atoms with E-state index in [4.69, 9.17) is 4.42 Å². The topological polar surface area (TPSA) is 72.1 Å². The SMILES string of the molecule is Cc1ccc(-c2nnc(CCC(=O)N(Cc3ccccc3)c3nc(-c4ccc(F)cc4)cs3)o2)cc1. The molecule has 5 aromatic rings. The highest BCUT2D eigenvalue weighted by Crippen LogP contribution is 2.29. The van der Waals surface area contributed by atoms with Gasteiger partial charge < -0.3 is 4.42 Å². The standard InChI is InChI=1S/C28H23FN4O2S/c1-19-7-9-22(10-8-19)27-32-31-25(35-27)15-16-26(34)33(17-20-5-3-2-4-6-20)28-30-24(18-36-28)21-11-13-23(29)14-12-21/h2-14,18H,15-17H2,1H3. The molecule has 0 N–H and O–H groups in total. The summed E-state index contributed by atoms with van der Waals surface area (Å²) in [6.45, 7) is 2.40. The van der Waals surface area contributed by atoms with Crippen LogP contribution in [0.1, 0.15) is 23.4 Å². The van der Waals surface area contributed by atoms with Crippen LogP contribution in [0.4, 0.5) is 9.52 Å². The van der Waals surface area contributed by atoms with Crippen molar-refractivity contribution in [3.63, 3.8) is 0 Å². The number of hydrogen-bond acceptors (Lipinski definition) is 6. The van der Waals surface area contributed by atoms with E-state index in [0.29, 0.717) is 35.6 Å². The van der Waals surface area contributed by atoms with Crippen LogP contribution in [-0.4, -0.2) is 21.1 Å². The number of aromatic nitrogens is 3. The van der Waals surface area contributed by atoms with Crippen LogP contribution in [0.15, 0.2) is 88.7 Å². The van der Waals surface area contributed by atoms with E-state index < -0.39 is 0 Å². The van der Waals surface area contributed by atoms with E-state index in [2.05, 4.69) is 15.2 Å². The Balaban J connectivity index is 1.33. The summed E-state index contributed by atoms with van der Waals surface area (Å²) in [4.78, 5) is 19.7. The van der Waals surface area contributed by atoms with E-state index in [1.807, 2.05) is 66.9 Å². The Morgan fingerprint density at radius 1 is 0.944 bits per heavy atom. The Bertz CT molecular complexity index is 1450. The number of nitrogens with zero attached hydrogens (tertiary/aromatic N) is 4. The zero-order valence-corrected chi connectivity index (χ0v) is 20.4. The van der Waals surface area contributed by atoms with E-state index >= 15 is 0 Å². The van der Waals surface area contributed by atoms with Crippen molar-refractivity contribution >= 4 is 22.4 Å². The minimum atomic E-state index is -0.304. The summed E-state index contributed by atoms with van der Waals surface area (Å²) in [7, 11) is 0. The van der Waals surface area contributed by atoms with Crippen molar-refractivity contribution in [3.8, 4) is 22.7 Å². The molecular formula is C28H23FN4O2S. The fourth-order valence-electron chi connectivity index (χ4n) is 3.69. The van der Waals surface area contributed by atoms with Gasteiger partial charge in [0.25, 0.3) is 0 Å². The number of carbonyl (C=O) groups is 1. The summed E-state index contributed by atoms with van der Waals surface area (Å²) in [6, 6.07) is 23.8. The Hall–Kier alpha value is -4.17. The molecular weight excluding hydrogens is 475 g/mol. The fourth-order valence-corrected chi connectivity index (χ4v) is 4.54. The molecule has 0 fully saturated rings. The molecule has 0 aliphatic carbocycles. The minimum absolute atomic E-state index is 0.103. The fraction of sp³-hybridized carbons (Fsp3) is 0.143. The summed E-state index contributed by atoms with van der Waals surface area (Å²) in [5.41, 5.74) is 4.46. The van der Waals surface area contributed by atoms with Gasteiger partial charge >= 0.3 is 0 Å². The van der Waals surface area contributed by atoms with E-state index in [1.165, 1.54) is 23.5 Å². The van der Waals surface area contributed by atoms with Crippen LogP contribution in [0.2, 0.25) is 0 Å². The number of thiazole rings is 1. The van der Waals surface area contributed by atoms with Gasteiger partial charge in [-0.25, -0.2) is 9.37 Å². The number of anilines is 1. The lowest BCUT2D eigenvalue weighted by Crippen LogP contribution is -2.30. The molecule has 0 aliphatic heterocycles. The highest BCUT2D eigenvalue weighted by atomic mass is 32.1. The normalized spacial score (nSPS) is 10.9. The number of benzene rings is 3. The van der Waals surface area contributed by atoms with E-state index in [0.717, 1.165) is 22.3 Å². The average molecular weight is 499 g/mol. The molecule has 1 amide bonds. The second kappa shape index (κ2) is 10.6. The van der Waals surface area contributed by atoms with Crippen molar-refractivity contribution in [2.75, 3.05) is 4.90 Å². The van der Waals surface area contributed by atoms with Crippen LogP contribution in [-0.2, 0) is 17.8 Å². The molecule has 5 rings (SSSR count). The van der Waals surface area contributed by atoms with Gasteiger partial charge in [0, 0.05) is 29.3 Å². The van der Waals surface area contributed by atoms with Gasteiger partial charge in [0.15, 0.2) is 5.13 Å². The second-order valence-corrected chi connectivity index (χ2v) is 9.19. The van der Waals surface area contributed by atoms with Gasteiger partial charge in [0.05, 0.1) is 12.2 Å². The van der Waals surface area contributed by atoms with Crippen molar-refractivity contribution in [1.29, 1.82) is 0 Å². The van der Waals surface area contributed by atoms with Gasteiger partial charge in [-0.2, -0.15) is 0 Å². The van der Waals surface area contributed by atoms with Crippen molar-refractivity contribution in [2.45, 2.75) is 26.3 Å². The first-order chi connectivity index (χ1) is 17.5. The maximum atomic E-state index is 13.4. The number of rotatable bonds is 8. The summed E-state index contributed by atoms with van der Waals surface area (Å²) in [6.07, 6.45) is 0.507. The van der Waals surface area contributed by atoms with Crippen LogP contribution < -0.4 is 4.90 Å². The van der Waals surface area contributed by atoms with Gasteiger partial charge in [-0.05, 0) is 48.9 Å². The Kier molecular flexibility index (Phi) is 6.95. The van der Waals surface area contributed by atoms with Crippen LogP contribution >= 0.6 is 11.3 Å². The predicted molar refractivity (Wildman–Crippen MR) is 138 cm³/mol. The lowest BCUT2D eigenvalue weighted by atomic mass is 10.1. The highest BCUT2D eigenvalue weighted by molar-refractivity contribution is 7.14. The Labute approximate surface area is 212 Å². The maximum Gasteiger partial charge on any atom is 0.247 e. The molecule has 0 spiro atoms. The second-order valence-electron chi connectivity index (χ2n) is 8.35. The van der Waals surface area contributed by atoms with E-state index in [1.54, 1.807) is 17.0 Å². The molecule has 180 valence electrons. The van der Waals surface area contributed by atoms with Crippen LogP contribution in [0.5, 0.6) is 0 Å². The molecule has 0 saturated heterocycles. The maximum absolute atomic E-state index is 13.4. The molecule has 0 atom stereocenters. The molecule has 0 unspecified atom stereocenters. The van der Waals surface area contributed by atoms with Crippen molar-refractivity contribution < 1.29 is 13.6 Å². The molecule has 0 bridgehead atoms. The van der Waals surface area contributed by atoms with Gasteiger partial charge in [0.1, 0.15) is 5.82 Å². The molecule has 0 aliphatic rings. The summed E-state index contributed by atoms with van der Waals surface area (Å²) < 4.78 is 19.1. The van der Waals surface area contributed by atoms with Gasteiger partial charge in [0.2, 0.25) is 17.7 Å². The number of carbonyl (C=O) groups excluding carboxylic acids is 1. The Morgan fingerprint density at radius 2 is 1.67 bits per heavy atom. The van der Waals surface area contributed by atoms with Gasteiger partial charge in [-0.15, -0.1) is 21.5 Å². The molecule has 2 aromatic heterocycles. The van der Waals surface area contributed by atoms with Crippen molar-refractivity contribution in [2.24, 2.45) is 0 Å². The lowest BCUT2D eigenvalue weighted by molar-refractivity contribution is -0.118. The van der Waals surface area contributed by atoms with Crippen molar-refractivity contribution in [3.05, 3.63) is 107 Å². The third-order valence-corrected chi connectivity index (χ3v) is 6.53. The zero-order chi connectivity index (χ0) is 24.9. The highest BCUT2D eigenvalue weighted by Gasteiger charge is 2.21. The largest absolute Gasteiger partial charge is 0.421 e. The molecule has 8 heteroatoms. The predicted octanol–water partition coefficient (Wildman–Crippen LogP) is 6.47. The van der Waals surface area contributed by atoms with Crippen molar-refractivity contribution in [1.82, 2.24) is 15.2 Å². The van der Waals surface area contributed by atoms with Crippen LogP contribution in [0, 0.1) is 12.7 Å². The average Bonchev–Trinajstić information content (AvgIpc) is 3.58. The molecule has 3 aromatic carbocycles. The van der Waals surface area contributed by atoms with E-state index in [-0.39, 0.29) is 18.1 Å². The number of aryl methyl sites for hydroxylation is 2. The first-order valence-corrected chi connectivity index (χ1v) is 12.4. The third kappa shape index (κ3) is 5.55. The summed E-state index contributed by atoms with van der Waals surface area (Å²) in [5.74, 6) is 0.433. The van der Waals surface area contributed by atoms with Gasteiger partial charge in [-0.3, -0.25) is 9.69 Å². The number of amides is 1. The Morgan fingerprint density at radius 3 is 2.42 bits per heavy atom. The number of halogens is 1. The molecule has 0 saturated carbocycles. The zero-order valence-electron chi connectivity index (χ0n) is 19.6.